The van der Waals surface area contributed by atoms with Crippen molar-refractivity contribution in [3.8, 4) is 0 Å². The van der Waals surface area contributed by atoms with Crippen molar-refractivity contribution in [1.82, 2.24) is 20.0 Å². The monoisotopic (exact) mass is 475 g/mol. The number of hydrogen-bond donors (Lipinski definition) is 1. The van der Waals surface area contributed by atoms with Gasteiger partial charge < -0.3 is 15.0 Å². The number of guanidine groups is 1. The van der Waals surface area contributed by atoms with Gasteiger partial charge in [0, 0.05) is 38.4 Å². The van der Waals surface area contributed by atoms with E-state index in [4.69, 9.17) is 9.73 Å². The second kappa shape index (κ2) is 11.1. The molecule has 6 nitrogen and oxygen atoms in total. The summed E-state index contributed by atoms with van der Waals surface area (Å²) in [4.78, 5) is 7.26. The number of nitrogens with one attached hydrogen (secondary N) is 1. The van der Waals surface area contributed by atoms with Crippen molar-refractivity contribution in [2.75, 3.05) is 32.8 Å². The van der Waals surface area contributed by atoms with Gasteiger partial charge in [-0.25, -0.2) is 0 Å². The average Bonchev–Trinajstić information content (AvgIpc) is 3.08. The fourth-order valence-corrected chi connectivity index (χ4v) is 3.90. The van der Waals surface area contributed by atoms with Crippen molar-refractivity contribution < 1.29 is 4.74 Å². The number of hydrogen-bond acceptors (Lipinski definition) is 3. The molecule has 1 aromatic rings. The number of halogens is 1. The number of morpholine rings is 1. The molecule has 26 heavy (non-hydrogen) atoms. The first-order valence-corrected chi connectivity index (χ1v) is 9.89. The van der Waals surface area contributed by atoms with Crippen LogP contribution in [0.4, 0.5) is 0 Å². The summed E-state index contributed by atoms with van der Waals surface area (Å²) in [5.41, 5.74) is 1.14. The Balaban J connectivity index is 0.00000243. The van der Waals surface area contributed by atoms with Crippen LogP contribution in [0.25, 0.3) is 0 Å². The Morgan fingerprint density at radius 2 is 2.15 bits per heavy atom. The minimum absolute atomic E-state index is 0. The van der Waals surface area contributed by atoms with Crippen LogP contribution in [0, 0.1) is 5.92 Å². The third-order valence-electron chi connectivity index (χ3n) is 5.32. The summed E-state index contributed by atoms with van der Waals surface area (Å²) < 4.78 is 7.79. The van der Waals surface area contributed by atoms with Crippen LogP contribution in [0.1, 0.15) is 57.1 Å². The van der Waals surface area contributed by atoms with E-state index in [-0.39, 0.29) is 30.1 Å². The first-order chi connectivity index (χ1) is 12.3. The summed E-state index contributed by atoms with van der Waals surface area (Å²) in [6.45, 7) is 6.42. The van der Waals surface area contributed by atoms with Gasteiger partial charge >= 0.3 is 0 Å². The molecule has 2 heterocycles. The molecule has 3 rings (SSSR count). The number of aliphatic imine (C=N–C) groups is 1. The second-order valence-electron chi connectivity index (χ2n) is 7.28. The van der Waals surface area contributed by atoms with Gasteiger partial charge in [-0.1, -0.05) is 32.1 Å². The molecule has 1 atom stereocenters. The Kier molecular flexibility index (Phi) is 9.18. The van der Waals surface area contributed by atoms with Crippen molar-refractivity contribution in [1.29, 1.82) is 0 Å². The molecular weight excluding hydrogens is 441 g/mol. The normalized spacial score (nSPS) is 22.2. The van der Waals surface area contributed by atoms with Crippen LogP contribution in [0.5, 0.6) is 0 Å². The molecule has 0 radical (unpaired) electrons. The molecule has 0 amide bonds. The van der Waals surface area contributed by atoms with E-state index in [2.05, 4.69) is 22.2 Å². The van der Waals surface area contributed by atoms with Gasteiger partial charge in [-0.05, 0) is 19.3 Å². The average molecular weight is 475 g/mol. The van der Waals surface area contributed by atoms with E-state index in [0.29, 0.717) is 0 Å². The van der Waals surface area contributed by atoms with Gasteiger partial charge in [-0.2, -0.15) is 5.10 Å². The Morgan fingerprint density at radius 3 is 2.85 bits per heavy atom. The van der Waals surface area contributed by atoms with Gasteiger partial charge in [0.15, 0.2) is 5.96 Å². The Labute approximate surface area is 174 Å². The predicted molar refractivity (Wildman–Crippen MR) is 116 cm³/mol. The van der Waals surface area contributed by atoms with E-state index in [1.807, 2.05) is 24.1 Å². The number of aromatic nitrogens is 2. The molecule has 2 fully saturated rings. The smallest absolute Gasteiger partial charge is 0.194 e. The molecule has 2 aliphatic rings. The minimum Gasteiger partial charge on any atom is -0.370 e. The molecule has 0 bridgehead atoms. The third-order valence-corrected chi connectivity index (χ3v) is 5.32. The third kappa shape index (κ3) is 6.11. The van der Waals surface area contributed by atoms with Crippen molar-refractivity contribution in [3.05, 3.63) is 18.0 Å². The number of rotatable bonds is 5. The van der Waals surface area contributed by atoms with E-state index in [1.165, 1.54) is 38.5 Å². The molecule has 0 aromatic carbocycles. The quantitative estimate of drug-likeness (QED) is 0.403. The molecule has 148 valence electrons. The Morgan fingerprint density at radius 1 is 1.35 bits per heavy atom. The topological polar surface area (TPSA) is 54.7 Å². The highest BCUT2D eigenvalue weighted by Crippen LogP contribution is 2.26. The summed E-state index contributed by atoms with van der Waals surface area (Å²) in [5.74, 6) is 1.92. The van der Waals surface area contributed by atoms with E-state index in [1.54, 1.807) is 0 Å². The Bertz CT molecular complexity index is 556. The first-order valence-electron chi connectivity index (χ1n) is 9.89. The summed E-state index contributed by atoms with van der Waals surface area (Å²) >= 11 is 0. The second-order valence-corrected chi connectivity index (χ2v) is 7.28. The summed E-state index contributed by atoms with van der Waals surface area (Å²) in [5, 5.41) is 7.74. The Hall–Kier alpha value is -0.830. The van der Waals surface area contributed by atoms with E-state index in [9.17, 15) is 0 Å². The van der Waals surface area contributed by atoms with Gasteiger partial charge in [-0.3, -0.25) is 9.67 Å². The number of ether oxygens (including phenoxy) is 1. The molecule has 1 aliphatic heterocycles. The molecule has 1 unspecified atom stereocenters. The maximum absolute atomic E-state index is 5.96. The lowest BCUT2D eigenvalue weighted by atomic mass is 9.87. The van der Waals surface area contributed by atoms with Crippen molar-refractivity contribution in [3.63, 3.8) is 0 Å². The van der Waals surface area contributed by atoms with Crippen molar-refractivity contribution in [2.45, 2.75) is 51.6 Å². The predicted octanol–water partition coefficient (Wildman–Crippen LogP) is 3.35. The molecule has 1 N–H and O–H groups in total. The molecule has 1 saturated carbocycles. The van der Waals surface area contributed by atoms with E-state index < -0.39 is 0 Å². The molecule has 0 spiro atoms. The van der Waals surface area contributed by atoms with Gasteiger partial charge in [0.25, 0.3) is 0 Å². The van der Waals surface area contributed by atoms with Crippen LogP contribution in [-0.4, -0.2) is 53.4 Å². The van der Waals surface area contributed by atoms with Crippen molar-refractivity contribution in [2.24, 2.45) is 18.0 Å². The van der Waals surface area contributed by atoms with Gasteiger partial charge in [0.05, 0.1) is 19.3 Å². The highest BCUT2D eigenvalue weighted by atomic mass is 127. The minimum atomic E-state index is 0. The van der Waals surface area contributed by atoms with E-state index >= 15 is 0 Å². The van der Waals surface area contributed by atoms with Crippen LogP contribution in [0.2, 0.25) is 0 Å². The lowest BCUT2D eigenvalue weighted by molar-refractivity contribution is -0.00805. The van der Waals surface area contributed by atoms with Crippen LogP contribution in [-0.2, 0) is 11.8 Å². The van der Waals surface area contributed by atoms with Gasteiger partial charge in [0.2, 0.25) is 0 Å². The lowest BCUT2D eigenvalue weighted by Gasteiger charge is -2.35. The largest absolute Gasteiger partial charge is 0.370 e. The summed E-state index contributed by atoms with van der Waals surface area (Å²) in [6, 6.07) is 0. The van der Waals surface area contributed by atoms with Crippen LogP contribution in [0.15, 0.2) is 17.4 Å². The number of nitrogens with zero attached hydrogens (tertiary/aromatic N) is 4. The summed E-state index contributed by atoms with van der Waals surface area (Å²) in [6.07, 6.45) is 12.3. The molecular formula is C19H34IN5O. The standard InChI is InChI=1S/C19H33N5O.HI/c1-3-20-19(21-10-9-16-7-5-4-6-8-16)24-11-12-25-18(15-24)17-13-22-23(2)14-17;/h13-14,16,18H,3-12,15H2,1-2H3,(H,20,21);1H. The van der Waals surface area contributed by atoms with Gasteiger partial charge in [-0.15, -0.1) is 24.0 Å². The molecule has 1 aromatic heterocycles. The van der Waals surface area contributed by atoms with Crippen molar-refractivity contribution >= 4 is 29.9 Å². The first kappa shape index (κ1) is 21.5. The molecule has 1 saturated heterocycles. The van der Waals surface area contributed by atoms with E-state index in [0.717, 1.165) is 50.2 Å². The zero-order valence-corrected chi connectivity index (χ0v) is 18.5. The lowest BCUT2D eigenvalue weighted by Crippen LogP contribution is -2.48. The van der Waals surface area contributed by atoms with Crippen LogP contribution in [0.3, 0.4) is 0 Å². The number of aryl methyl sites for hydroxylation is 1. The fraction of sp³-hybridized carbons (Fsp3) is 0.789. The zero-order chi connectivity index (χ0) is 17.5. The zero-order valence-electron chi connectivity index (χ0n) is 16.2. The molecule has 7 heteroatoms. The van der Waals surface area contributed by atoms with Gasteiger partial charge in [0.1, 0.15) is 6.10 Å². The van der Waals surface area contributed by atoms with Crippen LogP contribution >= 0.6 is 24.0 Å². The SMILES string of the molecule is CCNC(=NCCC1CCCCC1)N1CCOC(c2cnn(C)c2)C1.I. The maximum atomic E-state index is 5.96. The maximum Gasteiger partial charge on any atom is 0.194 e. The fourth-order valence-electron chi connectivity index (χ4n) is 3.90. The molecule has 1 aliphatic carbocycles. The van der Waals surface area contributed by atoms with Crippen LogP contribution < -0.4 is 5.32 Å². The highest BCUT2D eigenvalue weighted by Gasteiger charge is 2.25. The highest BCUT2D eigenvalue weighted by molar-refractivity contribution is 14.0. The summed E-state index contributed by atoms with van der Waals surface area (Å²) in [7, 11) is 1.95.